The van der Waals surface area contributed by atoms with E-state index in [0.717, 1.165) is 56.0 Å². The van der Waals surface area contributed by atoms with Crippen LogP contribution >= 0.6 is 11.6 Å². The van der Waals surface area contributed by atoms with Crippen molar-refractivity contribution >= 4 is 28.3 Å². The summed E-state index contributed by atoms with van der Waals surface area (Å²) in [7, 11) is 2.17. The number of rotatable bonds is 4. The maximum absolute atomic E-state index is 6.06. The van der Waals surface area contributed by atoms with Crippen molar-refractivity contribution in [2.24, 2.45) is 0 Å². The smallest absolute Gasteiger partial charge is 0.137 e. The maximum Gasteiger partial charge on any atom is 0.137 e. The summed E-state index contributed by atoms with van der Waals surface area (Å²) in [5, 5.41) is 5.09. The second-order valence-corrected chi connectivity index (χ2v) is 5.89. The number of anilines is 1. The fourth-order valence-corrected chi connectivity index (χ4v) is 2.75. The van der Waals surface area contributed by atoms with Gasteiger partial charge >= 0.3 is 0 Å². The molecule has 1 aromatic carbocycles. The molecule has 0 radical (unpaired) electrons. The highest BCUT2D eigenvalue weighted by Gasteiger charge is 2.13. The first-order valence-corrected chi connectivity index (χ1v) is 7.65. The van der Waals surface area contributed by atoms with Gasteiger partial charge in [-0.1, -0.05) is 11.6 Å². The third-order valence-corrected chi connectivity index (χ3v) is 4.15. The second kappa shape index (κ2) is 6.56. The zero-order valence-corrected chi connectivity index (χ0v) is 13.0. The number of benzene rings is 1. The van der Waals surface area contributed by atoms with Crippen LogP contribution in [-0.2, 0) is 0 Å². The molecule has 1 aliphatic rings. The van der Waals surface area contributed by atoms with Crippen LogP contribution in [0.1, 0.15) is 0 Å². The Morgan fingerprint density at radius 2 is 2.00 bits per heavy atom. The molecule has 1 N–H and O–H groups in total. The molecule has 0 saturated carbocycles. The SMILES string of the molecule is CN1CCN(CCNc2ncnc3ccc(Cl)cc23)CC1. The van der Waals surface area contributed by atoms with Gasteiger partial charge in [-0.15, -0.1) is 0 Å². The van der Waals surface area contributed by atoms with E-state index in [-0.39, 0.29) is 0 Å². The van der Waals surface area contributed by atoms with Gasteiger partial charge in [-0.3, -0.25) is 4.90 Å². The molecule has 1 saturated heterocycles. The van der Waals surface area contributed by atoms with Crippen LogP contribution < -0.4 is 5.32 Å². The van der Waals surface area contributed by atoms with Crippen molar-refractivity contribution in [1.82, 2.24) is 19.8 Å². The summed E-state index contributed by atoms with van der Waals surface area (Å²) < 4.78 is 0. The molecule has 1 fully saturated rings. The highest BCUT2D eigenvalue weighted by Crippen LogP contribution is 2.22. The number of halogens is 1. The third kappa shape index (κ3) is 3.61. The van der Waals surface area contributed by atoms with E-state index in [1.165, 1.54) is 0 Å². The van der Waals surface area contributed by atoms with Gasteiger partial charge in [0, 0.05) is 49.7 Å². The molecule has 0 bridgehead atoms. The molecule has 1 aliphatic heterocycles. The van der Waals surface area contributed by atoms with Crippen molar-refractivity contribution in [3.63, 3.8) is 0 Å². The summed E-state index contributed by atoms with van der Waals surface area (Å²) in [6, 6.07) is 5.69. The van der Waals surface area contributed by atoms with E-state index in [9.17, 15) is 0 Å². The lowest BCUT2D eigenvalue weighted by atomic mass is 10.2. The van der Waals surface area contributed by atoms with E-state index >= 15 is 0 Å². The molecule has 112 valence electrons. The van der Waals surface area contributed by atoms with Crippen LogP contribution in [0.4, 0.5) is 5.82 Å². The van der Waals surface area contributed by atoms with Crippen LogP contribution in [0.25, 0.3) is 10.9 Å². The molecule has 2 heterocycles. The van der Waals surface area contributed by atoms with Gasteiger partial charge in [0.2, 0.25) is 0 Å². The lowest BCUT2D eigenvalue weighted by Gasteiger charge is -2.32. The lowest BCUT2D eigenvalue weighted by molar-refractivity contribution is 0.158. The van der Waals surface area contributed by atoms with Crippen LogP contribution in [0.15, 0.2) is 24.5 Å². The minimum absolute atomic E-state index is 0.708. The highest BCUT2D eigenvalue weighted by atomic mass is 35.5. The van der Waals surface area contributed by atoms with E-state index in [1.54, 1.807) is 6.33 Å². The van der Waals surface area contributed by atoms with E-state index in [2.05, 4.69) is 32.1 Å². The van der Waals surface area contributed by atoms with E-state index in [4.69, 9.17) is 11.6 Å². The van der Waals surface area contributed by atoms with Gasteiger partial charge in [0.25, 0.3) is 0 Å². The van der Waals surface area contributed by atoms with E-state index < -0.39 is 0 Å². The number of nitrogens with zero attached hydrogens (tertiary/aromatic N) is 4. The summed E-state index contributed by atoms with van der Waals surface area (Å²) in [6.45, 7) is 6.46. The largest absolute Gasteiger partial charge is 0.368 e. The predicted octanol–water partition coefficient (Wildman–Crippen LogP) is 1.94. The summed E-state index contributed by atoms with van der Waals surface area (Å²) in [4.78, 5) is 13.4. The van der Waals surface area contributed by atoms with Gasteiger partial charge in [-0.25, -0.2) is 9.97 Å². The number of likely N-dealkylation sites (N-methyl/N-ethyl adjacent to an activating group) is 1. The average molecular weight is 306 g/mol. The molecule has 0 amide bonds. The molecule has 0 atom stereocenters. The molecule has 0 spiro atoms. The molecule has 3 rings (SSSR count). The summed E-state index contributed by atoms with van der Waals surface area (Å²) >= 11 is 6.06. The Morgan fingerprint density at radius 3 is 2.81 bits per heavy atom. The minimum Gasteiger partial charge on any atom is -0.368 e. The molecule has 0 aliphatic carbocycles. The second-order valence-electron chi connectivity index (χ2n) is 5.46. The van der Waals surface area contributed by atoms with E-state index in [0.29, 0.717) is 5.02 Å². The van der Waals surface area contributed by atoms with Gasteiger partial charge in [-0.2, -0.15) is 0 Å². The Hall–Kier alpha value is -1.43. The maximum atomic E-state index is 6.06. The Kier molecular flexibility index (Phi) is 4.53. The van der Waals surface area contributed by atoms with Gasteiger partial charge in [0.15, 0.2) is 0 Å². The lowest BCUT2D eigenvalue weighted by Crippen LogP contribution is -2.45. The summed E-state index contributed by atoms with van der Waals surface area (Å²) in [6.07, 6.45) is 1.59. The molecular formula is C15H20ClN5. The van der Waals surface area contributed by atoms with Crippen molar-refractivity contribution in [1.29, 1.82) is 0 Å². The van der Waals surface area contributed by atoms with Crippen molar-refractivity contribution in [2.45, 2.75) is 0 Å². The summed E-state index contributed by atoms with van der Waals surface area (Å²) in [5.74, 6) is 0.858. The van der Waals surface area contributed by atoms with Crippen LogP contribution in [0.5, 0.6) is 0 Å². The van der Waals surface area contributed by atoms with Gasteiger partial charge in [-0.05, 0) is 25.2 Å². The monoisotopic (exact) mass is 305 g/mol. The zero-order chi connectivity index (χ0) is 14.7. The zero-order valence-electron chi connectivity index (χ0n) is 12.2. The Morgan fingerprint density at radius 1 is 1.19 bits per heavy atom. The van der Waals surface area contributed by atoms with Crippen LogP contribution in [0.2, 0.25) is 5.02 Å². The van der Waals surface area contributed by atoms with Crippen LogP contribution in [0.3, 0.4) is 0 Å². The minimum atomic E-state index is 0.708. The summed E-state index contributed by atoms with van der Waals surface area (Å²) in [5.41, 5.74) is 0.913. The molecule has 5 nitrogen and oxygen atoms in total. The fourth-order valence-electron chi connectivity index (χ4n) is 2.57. The normalized spacial score (nSPS) is 17.2. The number of aromatic nitrogens is 2. The first-order valence-electron chi connectivity index (χ1n) is 7.27. The van der Waals surface area contributed by atoms with Gasteiger partial charge in [0.05, 0.1) is 5.52 Å². The van der Waals surface area contributed by atoms with Crippen LogP contribution in [-0.4, -0.2) is 66.1 Å². The number of hydrogen-bond acceptors (Lipinski definition) is 5. The predicted molar refractivity (Wildman–Crippen MR) is 87.0 cm³/mol. The first-order chi connectivity index (χ1) is 10.2. The topological polar surface area (TPSA) is 44.3 Å². The quantitative estimate of drug-likeness (QED) is 0.935. The molecular weight excluding hydrogens is 286 g/mol. The Bertz CT molecular complexity index is 610. The van der Waals surface area contributed by atoms with Crippen LogP contribution in [0, 0.1) is 0 Å². The number of nitrogens with one attached hydrogen (secondary N) is 1. The molecule has 6 heteroatoms. The molecule has 2 aromatic rings. The Balaban J connectivity index is 1.61. The first kappa shape index (κ1) is 14.5. The van der Waals surface area contributed by atoms with E-state index in [1.807, 2.05) is 18.2 Å². The highest BCUT2D eigenvalue weighted by molar-refractivity contribution is 6.31. The van der Waals surface area contributed by atoms with Gasteiger partial charge < -0.3 is 10.2 Å². The standard InChI is InChI=1S/C15H20ClN5/c1-20-6-8-21(9-7-20)5-4-17-15-13-10-12(16)2-3-14(13)18-11-19-15/h2-3,10-11H,4-9H2,1H3,(H,17,18,19). The fraction of sp³-hybridized carbons (Fsp3) is 0.467. The van der Waals surface area contributed by atoms with Crippen molar-refractivity contribution in [3.8, 4) is 0 Å². The number of fused-ring (bicyclic) bond motifs is 1. The average Bonchev–Trinajstić information content (AvgIpc) is 2.50. The van der Waals surface area contributed by atoms with Gasteiger partial charge in [0.1, 0.15) is 12.1 Å². The third-order valence-electron chi connectivity index (χ3n) is 3.91. The van der Waals surface area contributed by atoms with Crippen molar-refractivity contribution in [3.05, 3.63) is 29.5 Å². The number of hydrogen-bond donors (Lipinski definition) is 1. The molecule has 21 heavy (non-hydrogen) atoms. The molecule has 0 unspecified atom stereocenters. The number of piperazine rings is 1. The molecule has 1 aromatic heterocycles. The van der Waals surface area contributed by atoms with Crippen molar-refractivity contribution < 1.29 is 0 Å². The van der Waals surface area contributed by atoms with Crippen molar-refractivity contribution in [2.75, 3.05) is 51.6 Å². The Labute approximate surface area is 129 Å².